The number of likely N-dealkylation sites (tertiary alicyclic amines) is 1. The second kappa shape index (κ2) is 15.4. The van der Waals surface area contributed by atoms with Crippen LogP contribution >= 0.6 is 0 Å². The topological polar surface area (TPSA) is 114 Å². The monoisotopic (exact) mass is 509 g/mol. The first-order valence-electron chi connectivity index (χ1n) is 13.5. The number of hydrogen-bond donors (Lipinski definition) is 2. The summed E-state index contributed by atoms with van der Waals surface area (Å²) in [4.78, 5) is 57.5. The number of hydrogen-bond acceptors (Lipinski definition) is 8. The molecule has 1 saturated carbocycles. The Morgan fingerprint density at radius 2 is 1.75 bits per heavy atom. The molecule has 0 bridgehead atoms. The minimum absolute atomic E-state index is 0.0110. The number of rotatable bonds is 15. The van der Waals surface area contributed by atoms with Gasteiger partial charge in [0.1, 0.15) is 11.6 Å². The van der Waals surface area contributed by atoms with Gasteiger partial charge in [0.2, 0.25) is 5.91 Å². The van der Waals surface area contributed by atoms with Crippen LogP contribution in [-0.2, 0) is 19.2 Å². The fraction of sp³-hybridized carbons (Fsp3) is 0.846. The number of nitrogens with zero attached hydrogens (tertiary/aromatic N) is 4. The Morgan fingerprint density at radius 1 is 1.06 bits per heavy atom. The standard InChI is InChI=1S/C26H47N5O5/c1-5-28(3)15-22(32)13-20-14-23(33)16-29(4)17-24(20)31(19-26(35)36)12-11-30(6-2)18-25(34)27-21-9-7-8-10-21/h20-21,24H,5-19H2,1-4H3,(H,27,34)(H,35,36)/t20-,24?/m0/s1. The van der Waals surface area contributed by atoms with E-state index in [1.165, 1.54) is 0 Å². The number of likely N-dealkylation sites (N-methyl/N-ethyl adjacent to an activating group) is 3. The van der Waals surface area contributed by atoms with E-state index in [0.29, 0.717) is 39.3 Å². The molecule has 0 aromatic heterocycles. The number of amides is 1. The zero-order valence-corrected chi connectivity index (χ0v) is 22.7. The maximum Gasteiger partial charge on any atom is 0.317 e. The molecular weight excluding hydrogens is 462 g/mol. The lowest BCUT2D eigenvalue weighted by Crippen LogP contribution is -2.51. The molecule has 0 aromatic rings. The van der Waals surface area contributed by atoms with E-state index in [0.717, 1.165) is 32.2 Å². The zero-order valence-electron chi connectivity index (χ0n) is 22.7. The van der Waals surface area contributed by atoms with Crippen molar-refractivity contribution in [3.63, 3.8) is 0 Å². The molecule has 36 heavy (non-hydrogen) atoms. The van der Waals surface area contributed by atoms with Crippen LogP contribution < -0.4 is 5.32 Å². The first-order chi connectivity index (χ1) is 17.1. The van der Waals surface area contributed by atoms with Crippen molar-refractivity contribution in [2.45, 2.75) is 64.5 Å². The molecule has 1 aliphatic carbocycles. The van der Waals surface area contributed by atoms with Gasteiger partial charge in [0.15, 0.2) is 0 Å². The Morgan fingerprint density at radius 3 is 2.36 bits per heavy atom. The third kappa shape index (κ3) is 10.6. The van der Waals surface area contributed by atoms with Crippen molar-refractivity contribution in [2.75, 3.05) is 73.0 Å². The zero-order chi connectivity index (χ0) is 26.7. The van der Waals surface area contributed by atoms with Gasteiger partial charge in [-0.25, -0.2) is 0 Å². The second-order valence-corrected chi connectivity index (χ2v) is 10.6. The average molecular weight is 510 g/mol. The number of aliphatic carboxylic acids is 1. The van der Waals surface area contributed by atoms with Gasteiger partial charge in [0, 0.05) is 44.6 Å². The van der Waals surface area contributed by atoms with Gasteiger partial charge in [-0.15, -0.1) is 0 Å². The van der Waals surface area contributed by atoms with Crippen molar-refractivity contribution < 1.29 is 24.3 Å². The molecule has 2 fully saturated rings. The number of carbonyl (C=O) groups excluding carboxylic acids is 3. The predicted octanol–water partition coefficient (Wildman–Crippen LogP) is 0.554. The van der Waals surface area contributed by atoms with Crippen LogP contribution in [0.5, 0.6) is 0 Å². The summed E-state index contributed by atoms with van der Waals surface area (Å²) in [7, 11) is 3.75. The van der Waals surface area contributed by atoms with Crippen LogP contribution in [0.4, 0.5) is 0 Å². The van der Waals surface area contributed by atoms with Crippen molar-refractivity contribution in [1.29, 1.82) is 0 Å². The van der Waals surface area contributed by atoms with Gasteiger partial charge < -0.3 is 10.4 Å². The number of carboxylic acids is 1. The molecule has 1 heterocycles. The molecule has 2 aliphatic rings. The highest BCUT2D eigenvalue weighted by atomic mass is 16.4. The van der Waals surface area contributed by atoms with Crippen LogP contribution in [0.1, 0.15) is 52.4 Å². The largest absolute Gasteiger partial charge is 0.480 e. The molecule has 0 radical (unpaired) electrons. The Labute approximate surface area is 216 Å². The van der Waals surface area contributed by atoms with Crippen LogP contribution in [0, 0.1) is 5.92 Å². The minimum Gasteiger partial charge on any atom is -0.480 e. The molecule has 0 aromatic carbocycles. The molecule has 10 nitrogen and oxygen atoms in total. The lowest BCUT2D eigenvalue weighted by atomic mass is 9.88. The third-order valence-electron chi connectivity index (χ3n) is 7.50. The highest BCUT2D eigenvalue weighted by Gasteiger charge is 2.35. The van der Waals surface area contributed by atoms with Crippen LogP contribution in [0.3, 0.4) is 0 Å². The number of carbonyl (C=O) groups is 4. The molecule has 1 amide bonds. The van der Waals surface area contributed by atoms with Crippen molar-refractivity contribution >= 4 is 23.4 Å². The van der Waals surface area contributed by atoms with E-state index in [4.69, 9.17) is 0 Å². The lowest BCUT2D eigenvalue weighted by Gasteiger charge is -2.37. The lowest BCUT2D eigenvalue weighted by molar-refractivity contribution is -0.139. The fourth-order valence-corrected chi connectivity index (χ4v) is 5.42. The van der Waals surface area contributed by atoms with Crippen LogP contribution in [0.15, 0.2) is 0 Å². The highest BCUT2D eigenvalue weighted by Crippen LogP contribution is 2.24. The van der Waals surface area contributed by atoms with Gasteiger partial charge in [-0.3, -0.25) is 38.8 Å². The summed E-state index contributed by atoms with van der Waals surface area (Å²) in [5.74, 6) is -1.01. The fourth-order valence-electron chi connectivity index (χ4n) is 5.42. The van der Waals surface area contributed by atoms with Crippen molar-refractivity contribution in [2.24, 2.45) is 5.92 Å². The molecule has 1 aliphatic heterocycles. The van der Waals surface area contributed by atoms with E-state index in [2.05, 4.69) is 5.32 Å². The number of Topliss-reactive ketones (excluding diaryl/α,β-unsaturated/α-hetero) is 2. The van der Waals surface area contributed by atoms with Crippen LogP contribution in [0.2, 0.25) is 0 Å². The normalized spacial score (nSPS) is 21.9. The van der Waals surface area contributed by atoms with Gasteiger partial charge in [0.05, 0.1) is 26.2 Å². The summed E-state index contributed by atoms with van der Waals surface area (Å²) in [6, 6.07) is 0.0308. The van der Waals surface area contributed by atoms with E-state index in [-0.39, 0.29) is 61.4 Å². The summed E-state index contributed by atoms with van der Waals surface area (Å²) in [5.41, 5.74) is 0. The van der Waals surface area contributed by atoms with E-state index < -0.39 is 5.97 Å². The number of nitrogens with one attached hydrogen (secondary N) is 1. The number of ketones is 2. The summed E-state index contributed by atoms with van der Waals surface area (Å²) < 4.78 is 0. The quantitative estimate of drug-likeness (QED) is 0.327. The van der Waals surface area contributed by atoms with E-state index in [9.17, 15) is 24.3 Å². The first-order valence-corrected chi connectivity index (χ1v) is 13.5. The molecule has 2 rings (SSSR count). The third-order valence-corrected chi connectivity index (χ3v) is 7.50. The smallest absolute Gasteiger partial charge is 0.317 e. The van der Waals surface area contributed by atoms with Gasteiger partial charge in [0.25, 0.3) is 0 Å². The second-order valence-electron chi connectivity index (χ2n) is 10.6. The van der Waals surface area contributed by atoms with Gasteiger partial charge in [-0.05, 0) is 45.9 Å². The molecule has 206 valence electrons. The molecule has 2 N–H and O–H groups in total. The van der Waals surface area contributed by atoms with Crippen LogP contribution in [-0.4, -0.2) is 133 Å². The Hall–Kier alpha value is -1.88. The Balaban J connectivity index is 2.09. The molecule has 0 spiro atoms. The van der Waals surface area contributed by atoms with Gasteiger partial charge in [-0.2, -0.15) is 0 Å². The minimum atomic E-state index is -0.939. The average Bonchev–Trinajstić information content (AvgIpc) is 3.26. The first kappa shape index (κ1) is 30.3. The summed E-state index contributed by atoms with van der Waals surface area (Å²) in [6.45, 7) is 7.66. The molecule has 1 unspecified atom stereocenters. The maximum atomic E-state index is 12.8. The Kier molecular flexibility index (Phi) is 13.0. The van der Waals surface area contributed by atoms with Crippen LogP contribution in [0.25, 0.3) is 0 Å². The molecule has 2 atom stereocenters. The van der Waals surface area contributed by atoms with Crippen molar-refractivity contribution in [3.05, 3.63) is 0 Å². The van der Waals surface area contributed by atoms with Crippen molar-refractivity contribution in [3.8, 4) is 0 Å². The van der Waals surface area contributed by atoms with E-state index in [1.807, 2.05) is 47.5 Å². The summed E-state index contributed by atoms with van der Waals surface area (Å²) in [5, 5.41) is 12.8. The SMILES string of the molecule is CCN(C)CC(=O)C[C@H]1CC(=O)CN(C)CC1N(CCN(CC)CC(=O)NC1CCCC1)CC(=O)O. The summed E-state index contributed by atoms with van der Waals surface area (Å²) in [6.07, 6.45) is 4.91. The Bertz CT molecular complexity index is 742. The van der Waals surface area contributed by atoms with E-state index >= 15 is 0 Å². The van der Waals surface area contributed by atoms with Gasteiger partial charge in [-0.1, -0.05) is 26.7 Å². The number of carboxylic acid groups (broad SMARTS) is 1. The molecule has 10 heteroatoms. The predicted molar refractivity (Wildman–Crippen MR) is 139 cm³/mol. The van der Waals surface area contributed by atoms with Crippen molar-refractivity contribution in [1.82, 2.24) is 24.9 Å². The molecule has 1 saturated heterocycles. The molecular formula is C26H47N5O5. The van der Waals surface area contributed by atoms with E-state index in [1.54, 1.807) is 0 Å². The highest BCUT2D eigenvalue weighted by molar-refractivity contribution is 5.84. The summed E-state index contributed by atoms with van der Waals surface area (Å²) >= 11 is 0. The van der Waals surface area contributed by atoms with Gasteiger partial charge >= 0.3 is 5.97 Å². The maximum absolute atomic E-state index is 12.8.